The summed E-state index contributed by atoms with van der Waals surface area (Å²) < 4.78 is 10.0. The van der Waals surface area contributed by atoms with Crippen LogP contribution in [0.25, 0.3) is 0 Å². The summed E-state index contributed by atoms with van der Waals surface area (Å²) in [5.74, 6) is 1.51. The molecule has 0 spiro atoms. The van der Waals surface area contributed by atoms with E-state index in [9.17, 15) is 4.79 Å². The van der Waals surface area contributed by atoms with Crippen molar-refractivity contribution in [1.29, 1.82) is 0 Å². The molecule has 0 aliphatic rings. The van der Waals surface area contributed by atoms with Gasteiger partial charge in [0.25, 0.3) is 0 Å². The van der Waals surface area contributed by atoms with Gasteiger partial charge in [0.15, 0.2) is 12.5 Å². The number of ketones is 1. The molecule has 1 aromatic carbocycles. The van der Waals surface area contributed by atoms with Crippen molar-refractivity contribution in [1.82, 2.24) is 0 Å². The molecular weight excluding hydrogens is 224 g/mol. The highest BCUT2D eigenvalue weighted by molar-refractivity contribution is 7.96. The minimum Gasteiger partial charge on any atom is -0.468 e. The van der Waals surface area contributed by atoms with Gasteiger partial charge < -0.3 is 9.47 Å². The maximum absolute atomic E-state index is 11.7. The van der Waals surface area contributed by atoms with Crippen molar-refractivity contribution in [2.24, 2.45) is 0 Å². The van der Waals surface area contributed by atoms with Crippen LogP contribution in [0, 0.1) is 0 Å². The van der Waals surface area contributed by atoms with Gasteiger partial charge >= 0.3 is 0 Å². The zero-order valence-electron chi connectivity index (χ0n) is 9.86. The van der Waals surface area contributed by atoms with Gasteiger partial charge in [0.05, 0.1) is 12.5 Å². The first-order valence-corrected chi connectivity index (χ1v) is 7.13. The normalized spacial score (nSPS) is 10.5. The van der Waals surface area contributed by atoms with Gasteiger partial charge in [-0.25, -0.2) is 0 Å². The number of hydrogen-bond donors (Lipinski definition) is 0. The van der Waals surface area contributed by atoms with Gasteiger partial charge in [-0.1, -0.05) is 0 Å². The molecule has 0 saturated heterocycles. The molecule has 0 atom stereocenters. The van der Waals surface area contributed by atoms with Crippen molar-refractivity contribution >= 4 is 16.7 Å². The van der Waals surface area contributed by atoms with Crippen LogP contribution in [0.2, 0.25) is 0 Å². The quantitative estimate of drug-likeness (QED) is 0.432. The maximum atomic E-state index is 11.7. The highest BCUT2D eigenvalue weighted by atomic mass is 32.2. The second kappa shape index (κ2) is 6.55. The monoisotopic (exact) mass is 241 g/mol. The molecule has 0 unspecified atom stereocenters. The van der Waals surface area contributed by atoms with Crippen LogP contribution >= 0.6 is 0 Å². The predicted molar refractivity (Wildman–Crippen MR) is 67.4 cm³/mol. The molecule has 0 radical (unpaired) electrons. The molecule has 1 rings (SSSR count). The molecule has 0 heterocycles. The number of rotatable bonds is 6. The number of ether oxygens (including phenoxy) is 2. The molecule has 0 N–H and O–H groups in total. The Bertz CT molecular complexity index is 333. The lowest BCUT2D eigenvalue weighted by atomic mass is 10.1. The van der Waals surface area contributed by atoms with Gasteiger partial charge in [0.2, 0.25) is 5.78 Å². The number of Topliss-reactive ketones (excluding diaryl/α,β-unsaturated/α-hetero) is 1. The topological polar surface area (TPSA) is 35.5 Å². The minimum atomic E-state index is 0.143. The molecule has 16 heavy (non-hydrogen) atoms. The molecule has 3 nitrogen and oxygen atoms in total. The zero-order valence-corrected chi connectivity index (χ0v) is 10.7. The first-order chi connectivity index (χ1) is 7.63. The van der Waals surface area contributed by atoms with Gasteiger partial charge in [0.1, 0.15) is 5.75 Å². The Kier molecular flexibility index (Phi) is 5.35. The fourth-order valence-corrected chi connectivity index (χ4v) is 1.90. The predicted octanol–water partition coefficient (Wildman–Crippen LogP) is 1.73. The number of hydrogen-bond acceptors (Lipinski definition) is 3. The van der Waals surface area contributed by atoms with Gasteiger partial charge in [-0.05, 0) is 35.2 Å². The summed E-state index contributed by atoms with van der Waals surface area (Å²) >= 11 is 0. The Balaban J connectivity index is 2.60. The van der Waals surface area contributed by atoms with Crippen LogP contribution in [0.1, 0.15) is 10.4 Å². The van der Waals surface area contributed by atoms with E-state index in [2.05, 4.69) is 12.5 Å². The Hall–Kier alpha value is -1.00. The van der Waals surface area contributed by atoms with E-state index in [1.807, 2.05) is 0 Å². The van der Waals surface area contributed by atoms with Crippen molar-refractivity contribution in [3.63, 3.8) is 0 Å². The molecule has 4 heteroatoms. The summed E-state index contributed by atoms with van der Waals surface area (Å²) in [5, 5.41) is 0. The van der Waals surface area contributed by atoms with Gasteiger partial charge in [-0.2, -0.15) is 0 Å². The Morgan fingerprint density at radius 3 is 2.38 bits per heavy atom. The average Bonchev–Trinajstić information content (AvgIpc) is 2.26. The van der Waals surface area contributed by atoms with Crippen molar-refractivity contribution in [3.05, 3.63) is 29.8 Å². The van der Waals surface area contributed by atoms with E-state index in [-0.39, 0.29) is 23.5 Å². The molecule has 1 aromatic rings. The lowest BCUT2D eigenvalue weighted by Crippen LogP contribution is -2.13. The highest BCUT2D eigenvalue weighted by Crippen LogP contribution is 2.13. The van der Waals surface area contributed by atoms with Crippen LogP contribution in [0.3, 0.4) is 0 Å². The lowest BCUT2D eigenvalue weighted by Gasteiger charge is -2.05. The van der Waals surface area contributed by atoms with Crippen molar-refractivity contribution in [2.75, 3.05) is 32.2 Å². The molecule has 0 aromatic heterocycles. The largest absolute Gasteiger partial charge is 0.468 e. The van der Waals surface area contributed by atoms with Crippen LogP contribution in [-0.4, -0.2) is 38.0 Å². The van der Waals surface area contributed by atoms with Gasteiger partial charge in [-0.15, -0.1) is 0 Å². The fourth-order valence-electron chi connectivity index (χ4n) is 1.21. The van der Waals surface area contributed by atoms with Gasteiger partial charge in [-0.3, -0.25) is 4.79 Å². The maximum Gasteiger partial charge on any atom is 0.211 e. The van der Waals surface area contributed by atoms with Crippen LogP contribution in [0.4, 0.5) is 0 Å². The van der Waals surface area contributed by atoms with Crippen LogP contribution < -0.4 is 4.74 Å². The lowest BCUT2D eigenvalue weighted by molar-refractivity contribution is 0.0511. The van der Waals surface area contributed by atoms with E-state index in [4.69, 9.17) is 9.47 Å². The average molecular weight is 241 g/mol. The number of benzene rings is 1. The minimum absolute atomic E-state index is 0.143. The Morgan fingerprint density at radius 2 is 1.88 bits per heavy atom. The molecule has 88 valence electrons. The third-order valence-corrected chi connectivity index (χ3v) is 2.78. The number of carbonyl (C=O) groups excluding carboxylic acids is 1. The Morgan fingerprint density at radius 1 is 1.25 bits per heavy atom. The zero-order chi connectivity index (χ0) is 12.0. The van der Waals surface area contributed by atoms with E-state index in [0.717, 1.165) is 5.56 Å². The standard InChI is InChI=1S/C12H17O3S/c1-14-9-15-11-6-4-10(5-7-11)12(13)8-16(2)3/h4-7H,8-9H2,1-3H3/q+1. The van der Waals surface area contributed by atoms with Crippen LogP contribution in [0.15, 0.2) is 24.3 Å². The van der Waals surface area contributed by atoms with E-state index in [1.54, 1.807) is 31.4 Å². The second-order valence-corrected chi connectivity index (χ2v) is 5.89. The van der Waals surface area contributed by atoms with Crippen molar-refractivity contribution < 1.29 is 14.3 Å². The van der Waals surface area contributed by atoms with Gasteiger partial charge in [0, 0.05) is 12.7 Å². The molecular formula is C12H17O3S+. The van der Waals surface area contributed by atoms with E-state index >= 15 is 0 Å². The van der Waals surface area contributed by atoms with Crippen LogP contribution in [-0.2, 0) is 15.6 Å². The summed E-state index contributed by atoms with van der Waals surface area (Å²) in [4.78, 5) is 11.7. The summed E-state index contributed by atoms with van der Waals surface area (Å²) in [6, 6.07) is 7.16. The van der Waals surface area contributed by atoms with E-state index < -0.39 is 0 Å². The van der Waals surface area contributed by atoms with E-state index in [0.29, 0.717) is 11.5 Å². The Labute approximate surface area is 99.1 Å². The smallest absolute Gasteiger partial charge is 0.211 e. The molecule has 0 amide bonds. The SMILES string of the molecule is COCOc1ccc(C(=O)C[S+](C)C)cc1. The molecule has 0 bridgehead atoms. The summed E-state index contributed by atoms with van der Waals surface area (Å²) in [5.41, 5.74) is 0.742. The first-order valence-electron chi connectivity index (χ1n) is 4.92. The first kappa shape index (κ1) is 13.1. The molecule has 0 fully saturated rings. The highest BCUT2D eigenvalue weighted by Gasteiger charge is 2.13. The molecule has 0 aliphatic carbocycles. The third-order valence-electron chi connectivity index (χ3n) is 1.94. The molecule has 0 aliphatic heterocycles. The molecule has 0 saturated carbocycles. The summed E-state index contributed by atoms with van der Waals surface area (Å²) in [6.07, 6.45) is 4.13. The van der Waals surface area contributed by atoms with Crippen molar-refractivity contribution in [3.8, 4) is 5.75 Å². The fraction of sp³-hybridized carbons (Fsp3) is 0.417. The van der Waals surface area contributed by atoms with Crippen molar-refractivity contribution in [2.45, 2.75) is 0 Å². The number of carbonyl (C=O) groups is 1. The summed E-state index contributed by atoms with van der Waals surface area (Å²) in [7, 11) is 1.71. The third kappa shape index (κ3) is 4.24. The summed E-state index contributed by atoms with van der Waals surface area (Å²) in [6.45, 7) is 0.223. The second-order valence-electron chi connectivity index (χ2n) is 3.63. The van der Waals surface area contributed by atoms with Crippen LogP contribution in [0.5, 0.6) is 5.75 Å². The van der Waals surface area contributed by atoms with E-state index in [1.165, 1.54) is 0 Å². The number of methoxy groups -OCH3 is 1.